The summed E-state index contributed by atoms with van der Waals surface area (Å²) in [6.07, 6.45) is 4.87. The van der Waals surface area contributed by atoms with E-state index in [2.05, 4.69) is 20.9 Å². The van der Waals surface area contributed by atoms with Crippen molar-refractivity contribution >= 4 is 27.2 Å². The predicted octanol–water partition coefficient (Wildman–Crippen LogP) is 5.15. The van der Waals surface area contributed by atoms with E-state index in [1.165, 1.54) is 30.6 Å². The molecule has 0 spiro atoms. The second-order valence-electron chi connectivity index (χ2n) is 12.0. The van der Waals surface area contributed by atoms with Crippen molar-refractivity contribution in [2.75, 3.05) is 24.5 Å². The maximum Gasteiger partial charge on any atom is 0.406 e. The summed E-state index contributed by atoms with van der Waals surface area (Å²) in [5, 5.41) is 9.93. The van der Waals surface area contributed by atoms with Crippen molar-refractivity contribution in [1.29, 1.82) is 5.26 Å². The predicted molar refractivity (Wildman–Crippen MR) is 163 cm³/mol. The first-order valence-electron chi connectivity index (χ1n) is 15.0. The number of anilines is 1. The van der Waals surface area contributed by atoms with Crippen molar-refractivity contribution in [2.24, 2.45) is 0 Å². The fourth-order valence-corrected chi connectivity index (χ4v) is 8.10. The Kier molecular flexibility index (Phi) is 7.33. The number of alkyl halides is 3. The summed E-state index contributed by atoms with van der Waals surface area (Å²) in [5.74, 6) is 0. The standard InChI is InChI=1S/C32H31F3N6O2S/c33-32(34,35)19-39-12-8-28(42)41(31(39)43)18-24-15-27-30(44-24)25(6-9-37-27)26-14-20(16-36)13-21-3-2-10-40(29(21)26)23-7-11-38(17-23)22-4-1-5-22/h6,8-9,12-15,22-23H,1-5,7,10-11,17-19H2/t23-/m0/s1. The Morgan fingerprint density at radius 3 is 2.61 bits per heavy atom. The van der Waals surface area contributed by atoms with Crippen molar-refractivity contribution in [1.82, 2.24) is 19.0 Å². The zero-order valence-electron chi connectivity index (χ0n) is 24.0. The molecule has 2 fully saturated rings. The zero-order chi connectivity index (χ0) is 30.6. The molecule has 2 aliphatic heterocycles. The molecule has 44 heavy (non-hydrogen) atoms. The van der Waals surface area contributed by atoms with Crippen LogP contribution in [0.1, 0.15) is 48.1 Å². The highest BCUT2D eigenvalue weighted by atomic mass is 32.1. The minimum absolute atomic E-state index is 0.168. The summed E-state index contributed by atoms with van der Waals surface area (Å²) < 4.78 is 41.2. The highest BCUT2D eigenvalue weighted by Crippen LogP contribution is 2.44. The van der Waals surface area contributed by atoms with Crippen LogP contribution in [0.3, 0.4) is 0 Å². The maximum atomic E-state index is 13.0. The number of nitriles is 1. The monoisotopic (exact) mass is 620 g/mol. The molecule has 4 aromatic rings. The lowest BCUT2D eigenvalue weighted by Gasteiger charge is -2.39. The number of likely N-dealkylation sites (tertiary alicyclic amines) is 1. The average Bonchev–Trinajstić information content (AvgIpc) is 3.61. The van der Waals surface area contributed by atoms with Gasteiger partial charge in [-0.2, -0.15) is 18.4 Å². The van der Waals surface area contributed by atoms with Crippen LogP contribution in [0.2, 0.25) is 0 Å². The van der Waals surface area contributed by atoms with Crippen LogP contribution in [0, 0.1) is 11.3 Å². The summed E-state index contributed by atoms with van der Waals surface area (Å²) in [4.78, 5) is 35.7. The van der Waals surface area contributed by atoms with E-state index in [1.54, 1.807) is 12.3 Å². The quantitative estimate of drug-likeness (QED) is 0.297. The summed E-state index contributed by atoms with van der Waals surface area (Å²) in [6.45, 7) is 1.44. The summed E-state index contributed by atoms with van der Waals surface area (Å²) >= 11 is 1.36. The first kappa shape index (κ1) is 28.8. The number of pyridine rings is 1. The number of hydrogen-bond acceptors (Lipinski definition) is 7. The Morgan fingerprint density at radius 2 is 1.86 bits per heavy atom. The maximum absolute atomic E-state index is 13.0. The van der Waals surface area contributed by atoms with Gasteiger partial charge in [0, 0.05) is 71.9 Å². The van der Waals surface area contributed by atoms with E-state index in [0.29, 0.717) is 32.6 Å². The largest absolute Gasteiger partial charge is 0.406 e. The molecule has 0 bridgehead atoms. The lowest BCUT2D eigenvalue weighted by Crippen LogP contribution is -2.44. The van der Waals surface area contributed by atoms with Crippen LogP contribution < -0.4 is 16.1 Å². The number of aryl methyl sites for hydroxylation is 1. The van der Waals surface area contributed by atoms with Gasteiger partial charge in [-0.15, -0.1) is 11.3 Å². The lowest BCUT2D eigenvalue weighted by atomic mass is 9.90. The molecule has 7 rings (SSSR count). The highest BCUT2D eigenvalue weighted by molar-refractivity contribution is 7.19. The normalized spacial score (nSPS) is 19.2. The fraction of sp³-hybridized carbons (Fsp3) is 0.438. The second kappa shape index (κ2) is 11.2. The van der Waals surface area contributed by atoms with Gasteiger partial charge in [-0.3, -0.25) is 23.8 Å². The molecule has 1 aliphatic carbocycles. The van der Waals surface area contributed by atoms with Crippen molar-refractivity contribution < 1.29 is 13.2 Å². The summed E-state index contributed by atoms with van der Waals surface area (Å²) in [5.41, 5.74) is 3.77. The molecule has 3 aromatic heterocycles. The molecular weight excluding hydrogens is 589 g/mol. The number of aromatic nitrogens is 3. The molecule has 1 saturated carbocycles. The third-order valence-electron chi connectivity index (χ3n) is 9.23. The van der Waals surface area contributed by atoms with Crippen molar-refractivity contribution in [3.63, 3.8) is 0 Å². The van der Waals surface area contributed by atoms with E-state index in [4.69, 9.17) is 0 Å². The third-order valence-corrected chi connectivity index (χ3v) is 10.4. The molecular formula is C32H31F3N6O2S. The van der Waals surface area contributed by atoms with Crippen LogP contribution in [0.25, 0.3) is 21.3 Å². The lowest BCUT2D eigenvalue weighted by molar-refractivity contribution is -0.141. The van der Waals surface area contributed by atoms with Crippen molar-refractivity contribution in [3.8, 4) is 17.2 Å². The molecule has 12 heteroatoms. The number of hydrogen-bond donors (Lipinski definition) is 0. The Hall–Kier alpha value is -3.95. The van der Waals surface area contributed by atoms with Gasteiger partial charge in [0.15, 0.2) is 0 Å². The smallest absolute Gasteiger partial charge is 0.366 e. The summed E-state index contributed by atoms with van der Waals surface area (Å²) in [6, 6.07) is 12.1. The molecule has 5 heterocycles. The van der Waals surface area contributed by atoms with Crippen molar-refractivity contribution in [2.45, 2.75) is 69.9 Å². The van der Waals surface area contributed by atoms with Gasteiger partial charge in [-0.1, -0.05) is 6.42 Å². The zero-order valence-corrected chi connectivity index (χ0v) is 24.8. The Bertz CT molecular complexity index is 1900. The van der Waals surface area contributed by atoms with E-state index in [0.717, 1.165) is 82.8 Å². The first-order chi connectivity index (χ1) is 21.2. The molecule has 3 aliphatic rings. The van der Waals surface area contributed by atoms with E-state index in [-0.39, 0.29) is 6.54 Å². The molecule has 0 radical (unpaired) electrons. The van der Waals surface area contributed by atoms with Gasteiger partial charge in [-0.05, 0) is 61.9 Å². The molecule has 1 atom stereocenters. The van der Waals surface area contributed by atoms with E-state index < -0.39 is 24.0 Å². The molecule has 1 aromatic carbocycles. The fourth-order valence-electron chi connectivity index (χ4n) is 6.97. The van der Waals surface area contributed by atoms with E-state index in [9.17, 15) is 28.0 Å². The minimum atomic E-state index is -4.60. The van der Waals surface area contributed by atoms with Crippen LogP contribution in [0.4, 0.5) is 18.9 Å². The molecule has 0 unspecified atom stereocenters. The van der Waals surface area contributed by atoms with E-state index in [1.807, 2.05) is 18.2 Å². The average molecular weight is 621 g/mol. The minimum Gasteiger partial charge on any atom is -0.366 e. The Balaban J connectivity index is 1.28. The van der Waals surface area contributed by atoms with Gasteiger partial charge in [-0.25, -0.2) is 4.79 Å². The van der Waals surface area contributed by atoms with Gasteiger partial charge >= 0.3 is 11.9 Å². The molecule has 8 nitrogen and oxygen atoms in total. The summed E-state index contributed by atoms with van der Waals surface area (Å²) in [7, 11) is 0. The highest BCUT2D eigenvalue weighted by Gasteiger charge is 2.36. The van der Waals surface area contributed by atoms with Crippen LogP contribution in [0.5, 0.6) is 0 Å². The van der Waals surface area contributed by atoms with E-state index >= 15 is 0 Å². The Morgan fingerprint density at radius 1 is 1.02 bits per heavy atom. The van der Waals surface area contributed by atoms with Crippen LogP contribution in [-0.4, -0.2) is 56.9 Å². The van der Waals surface area contributed by atoms with Gasteiger partial charge in [0.05, 0.1) is 28.4 Å². The molecule has 228 valence electrons. The van der Waals surface area contributed by atoms with Gasteiger partial charge in [0.1, 0.15) is 6.54 Å². The Labute approximate surface area is 255 Å². The number of thiophene rings is 1. The van der Waals surface area contributed by atoms with Gasteiger partial charge in [0.2, 0.25) is 0 Å². The van der Waals surface area contributed by atoms with Crippen LogP contribution in [-0.2, 0) is 19.5 Å². The number of rotatable bonds is 6. The van der Waals surface area contributed by atoms with Crippen LogP contribution >= 0.6 is 11.3 Å². The van der Waals surface area contributed by atoms with Crippen molar-refractivity contribution in [3.05, 3.63) is 79.6 Å². The van der Waals surface area contributed by atoms with Crippen LogP contribution in [0.15, 0.2) is 52.3 Å². The number of fused-ring (bicyclic) bond motifs is 2. The first-order valence-corrected chi connectivity index (χ1v) is 15.8. The number of nitrogens with zero attached hydrogens (tertiary/aromatic N) is 6. The number of benzene rings is 1. The number of halogens is 3. The molecule has 0 amide bonds. The molecule has 0 N–H and O–H groups in total. The molecule has 1 saturated heterocycles. The SMILES string of the molecule is N#Cc1cc2c(c(-c3ccnc4cc(Cn5c(=O)ccn(CC(F)(F)F)c5=O)sc34)c1)N([C@H]1CCN(C3CCC3)C1)CCC2. The topological polar surface area (TPSA) is 87.2 Å². The second-order valence-corrected chi connectivity index (χ2v) is 13.2. The van der Waals surface area contributed by atoms with Gasteiger partial charge in [0.25, 0.3) is 5.56 Å². The third kappa shape index (κ3) is 5.32. The van der Waals surface area contributed by atoms with Gasteiger partial charge < -0.3 is 4.90 Å².